The summed E-state index contributed by atoms with van der Waals surface area (Å²) >= 11 is 0. The van der Waals surface area contributed by atoms with Gasteiger partial charge in [-0.05, 0) is 25.0 Å². The maximum absolute atomic E-state index is 11.5. The molecule has 0 N–H and O–H groups in total. The highest BCUT2D eigenvalue weighted by molar-refractivity contribution is 5.97. The summed E-state index contributed by atoms with van der Waals surface area (Å²) in [6.07, 6.45) is 3.19. The molecule has 0 spiro atoms. The first kappa shape index (κ1) is 9.90. The van der Waals surface area contributed by atoms with Crippen molar-refractivity contribution in [3.8, 4) is 0 Å². The van der Waals surface area contributed by atoms with Crippen LogP contribution in [0.15, 0.2) is 12.3 Å². The molecular formula is C11H15NO. The quantitative estimate of drug-likeness (QED) is 0.664. The Kier molecular flexibility index (Phi) is 3.18. The Morgan fingerprint density at radius 1 is 1.46 bits per heavy atom. The maximum atomic E-state index is 11.5. The Morgan fingerprint density at radius 2 is 2.15 bits per heavy atom. The SMILES string of the molecule is CCC(=O)c1cc(C)cnc1CC. The van der Waals surface area contributed by atoms with Gasteiger partial charge >= 0.3 is 0 Å². The Balaban J connectivity index is 3.15. The van der Waals surface area contributed by atoms with Crippen LogP contribution in [0.4, 0.5) is 0 Å². The number of Topliss-reactive ketones (excluding diaryl/α,β-unsaturated/α-hetero) is 1. The van der Waals surface area contributed by atoms with Crippen molar-refractivity contribution in [1.29, 1.82) is 0 Å². The fraction of sp³-hybridized carbons (Fsp3) is 0.455. The molecule has 0 saturated carbocycles. The van der Waals surface area contributed by atoms with E-state index in [1.807, 2.05) is 33.0 Å². The fourth-order valence-corrected chi connectivity index (χ4v) is 1.31. The summed E-state index contributed by atoms with van der Waals surface area (Å²) < 4.78 is 0. The molecule has 0 unspecified atom stereocenters. The average Bonchev–Trinajstić information content (AvgIpc) is 2.16. The van der Waals surface area contributed by atoms with E-state index in [9.17, 15) is 4.79 Å². The highest BCUT2D eigenvalue weighted by Gasteiger charge is 2.09. The number of hydrogen-bond acceptors (Lipinski definition) is 2. The number of carbonyl (C=O) groups excluding carboxylic acids is 1. The van der Waals surface area contributed by atoms with E-state index < -0.39 is 0 Å². The van der Waals surface area contributed by atoms with Crippen LogP contribution >= 0.6 is 0 Å². The first-order valence-corrected chi connectivity index (χ1v) is 4.67. The predicted molar refractivity (Wildman–Crippen MR) is 53.0 cm³/mol. The summed E-state index contributed by atoms with van der Waals surface area (Å²) in [4.78, 5) is 15.8. The van der Waals surface area contributed by atoms with Crippen molar-refractivity contribution < 1.29 is 4.79 Å². The normalized spacial score (nSPS) is 10.1. The van der Waals surface area contributed by atoms with E-state index in [1.54, 1.807) is 0 Å². The van der Waals surface area contributed by atoms with Gasteiger partial charge in [0.2, 0.25) is 0 Å². The van der Waals surface area contributed by atoms with E-state index >= 15 is 0 Å². The molecule has 0 amide bonds. The molecule has 0 aliphatic carbocycles. The Labute approximate surface area is 79.0 Å². The van der Waals surface area contributed by atoms with Crippen molar-refractivity contribution in [3.63, 3.8) is 0 Å². The van der Waals surface area contributed by atoms with E-state index in [-0.39, 0.29) is 5.78 Å². The smallest absolute Gasteiger partial charge is 0.164 e. The van der Waals surface area contributed by atoms with Crippen molar-refractivity contribution in [2.45, 2.75) is 33.6 Å². The molecule has 1 heterocycles. The molecule has 2 nitrogen and oxygen atoms in total. The second-order valence-electron chi connectivity index (χ2n) is 3.14. The third-order valence-corrected chi connectivity index (χ3v) is 2.06. The van der Waals surface area contributed by atoms with E-state index in [0.717, 1.165) is 23.2 Å². The lowest BCUT2D eigenvalue weighted by Crippen LogP contribution is -2.04. The van der Waals surface area contributed by atoms with Crippen molar-refractivity contribution in [1.82, 2.24) is 4.98 Å². The van der Waals surface area contributed by atoms with Crippen LogP contribution in [0.3, 0.4) is 0 Å². The summed E-state index contributed by atoms with van der Waals surface area (Å²) in [5, 5.41) is 0. The standard InChI is InChI=1S/C11H15NO/c1-4-10-9(11(13)5-2)6-8(3)7-12-10/h6-7H,4-5H2,1-3H3. The molecule has 1 aromatic rings. The van der Waals surface area contributed by atoms with Crippen LogP contribution in [-0.4, -0.2) is 10.8 Å². The lowest BCUT2D eigenvalue weighted by atomic mass is 10.0. The molecule has 0 saturated heterocycles. The molecule has 13 heavy (non-hydrogen) atoms. The first-order valence-electron chi connectivity index (χ1n) is 4.67. The van der Waals surface area contributed by atoms with Gasteiger partial charge in [0.25, 0.3) is 0 Å². The third kappa shape index (κ3) is 2.14. The third-order valence-electron chi connectivity index (χ3n) is 2.06. The van der Waals surface area contributed by atoms with Gasteiger partial charge in [0.1, 0.15) is 0 Å². The summed E-state index contributed by atoms with van der Waals surface area (Å²) in [5.41, 5.74) is 2.76. The van der Waals surface area contributed by atoms with Gasteiger partial charge in [0.05, 0.1) is 5.69 Å². The van der Waals surface area contributed by atoms with Crippen LogP contribution < -0.4 is 0 Å². The number of ketones is 1. The van der Waals surface area contributed by atoms with Gasteiger partial charge in [-0.15, -0.1) is 0 Å². The van der Waals surface area contributed by atoms with Crippen LogP contribution in [0.5, 0.6) is 0 Å². The van der Waals surface area contributed by atoms with E-state index in [0.29, 0.717) is 6.42 Å². The molecule has 0 aliphatic heterocycles. The summed E-state index contributed by atoms with van der Waals surface area (Å²) in [6, 6.07) is 1.93. The zero-order valence-electron chi connectivity index (χ0n) is 8.42. The van der Waals surface area contributed by atoms with Gasteiger partial charge in [-0.3, -0.25) is 9.78 Å². The number of aromatic nitrogens is 1. The lowest BCUT2D eigenvalue weighted by molar-refractivity contribution is 0.0986. The molecule has 0 aliphatic rings. The summed E-state index contributed by atoms with van der Waals surface area (Å²) in [7, 11) is 0. The fourth-order valence-electron chi connectivity index (χ4n) is 1.31. The Hall–Kier alpha value is -1.18. The first-order chi connectivity index (χ1) is 6.19. The van der Waals surface area contributed by atoms with Gasteiger partial charge in [-0.2, -0.15) is 0 Å². The Morgan fingerprint density at radius 3 is 2.69 bits per heavy atom. The van der Waals surface area contributed by atoms with Crippen molar-refractivity contribution >= 4 is 5.78 Å². The van der Waals surface area contributed by atoms with Gasteiger partial charge in [-0.1, -0.05) is 13.8 Å². The van der Waals surface area contributed by atoms with Crippen LogP contribution in [0.1, 0.15) is 41.9 Å². The highest BCUT2D eigenvalue weighted by atomic mass is 16.1. The van der Waals surface area contributed by atoms with Gasteiger partial charge in [-0.25, -0.2) is 0 Å². The molecule has 70 valence electrons. The number of carbonyl (C=O) groups is 1. The average molecular weight is 177 g/mol. The van der Waals surface area contributed by atoms with Gasteiger partial charge in [0.15, 0.2) is 5.78 Å². The number of nitrogens with zero attached hydrogens (tertiary/aromatic N) is 1. The van der Waals surface area contributed by atoms with E-state index in [2.05, 4.69) is 4.98 Å². The monoisotopic (exact) mass is 177 g/mol. The molecule has 1 aromatic heterocycles. The van der Waals surface area contributed by atoms with E-state index in [4.69, 9.17) is 0 Å². The molecule has 0 radical (unpaired) electrons. The number of aryl methyl sites for hydroxylation is 2. The zero-order chi connectivity index (χ0) is 9.84. The van der Waals surface area contributed by atoms with Crippen LogP contribution in [-0.2, 0) is 6.42 Å². The van der Waals surface area contributed by atoms with Crippen LogP contribution in [0.2, 0.25) is 0 Å². The number of hydrogen-bond donors (Lipinski definition) is 0. The summed E-state index contributed by atoms with van der Waals surface area (Å²) in [5.74, 6) is 0.188. The zero-order valence-corrected chi connectivity index (χ0v) is 8.42. The second kappa shape index (κ2) is 4.17. The molecule has 0 bridgehead atoms. The van der Waals surface area contributed by atoms with Crippen molar-refractivity contribution in [3.05, 3.63) is 29.1 Å². The van der Waals surface area contributed by atoms with Gasteiger partial charge in [0, 0.05) is 18.2 Å². The number of rotatable bonds is 3. The minimum atomic E-state index is 0.188. The summed E-state index contributed by atoms with van der Waals surface area (Å²) in [6.45, 7) is 5.85. The molecular weight excluding hydrogens is 162 g/mol. The molecule has 2 heteroatoms. The van der Waals surface area contributed by atoms with Crippen molar-refractivity contribution in [2.75, 3.05) is 0 Å². The lowest BCUT2D eigenvalue weighted by Gasteiger charge is -2.05. The largest absolute Gasteiger partial charge is 0.294 e. The highest BCUT2D eigenvalue weighted by Crippen LogP contribution is 2.11. The maximum Gasteiger partial charge on any atom is 0.164 e. The van der Waals surface area contributed by atoms with Gasteiger partial charge < -0.3 is 0 Å². The van der Waals surface area contributed by atoms with Crippen molar-refractivity contribution in [2.24, 2.45) is 0 Å². The van der Waals surface area contributed by atoms with Crippen LogP contribution in [0.25, 0.3) is 0 Å². The number of pyridine rings is 1. The molecule has 0 aromatic carbocycles. The topological polar surface area (TPSA) is 30.0 Å². The Bertz CT molecular complexity index is 318. The molecule has 1 rings (SSSR count). The van der Waals surface area contributed by atoms with Crippen LogP contribution in [0, 0.1) is 6.92 Å². The molecule has 0 atom stereocenters. The van der Waals surface area contributed by atoms with E-state index in [1.165, 1.54) is 0 Å². The minimum absolute atomic E-state index is 0.188. The molecule has 0 fully saturated rings. The second-order valence-corrected chi connectivity index (χ2v) is 3.14. The predicted octanol–water partition coefficient (Wildman–Crippen LogP) is 2.55. The minimum Gasteiger partial charge on any atom is -0.294 e.